The van der Waals surface area contributed by atoms with Gasteiger partial charge in [0.1, 0.15) is 0 Å². The van der Waals surface area contributed by atoms with Gasteiger partial charge in [-0.2, -0.15) is 0 Å². The van der Waals surface area contributed by atoms with Crippen molar-refractivity contribution in [1.29, 1.82) is 0 Å². The Morgan fingerprint density at radius 3 is 2.65 bits per heavy atom. The van der Waals surface area contributed by atoms with E-state index < -0.39 is 0 Å². The molecule has 2 nitrogen and oxygen atoms in total. The van der Waals surface area contributed by atoms with Crippen LogP contribution in [0.2, 0.25) is 0 Å². The summed E-state index contributed by atoms with van der Waals surface area (Å²) < 4.78 is 5.67. The molecule has 0 saturated carbocycles. The molecule has 17 heavy (non-hydrogen) atoms. The van der Waals surface area contributed by atoms with Gasteiger partial charge >= 0.3 is 0 Å². The maximum atomic E-state index is 5.67. The first-order valence-electron chi connectivity index (χ1n) is 7.54. The third-order valence-corrected chi connectivity index (χ3v) is 4.20. The molecular weight excluding hydrogens is 210 g/mol. The minimum Gasteiger partial charge on any atom is -0.381 e. The van der Waals surface area contributed by atoms with Crippen molar-refractivity contribution in [3.8, 4) is 0 Å². The smallest absolute Gasteiger partial charge is 0.0535 e. The van der Waals surface area contributed by atoms with Crippen LogP contribution >= 0.6 is 0 Å². The van der Waals surface area contributed by atoms with Gasteiger partial charge in [0.05, 0.1) is 6.61 Å². The standard InChI is InChI=1S/C15H31NO/c1-4-7-8-14(5-2)11-15(12-16-6-3)9-10-17-13-15/h14,16H,4-13H2,1-3H3. The quantitative estimate of drug-likeness (QED) is 0.666. The molecule has 0 radical (unpaired) electrons. The lowest BCUT2D eigenvalue weighted by Crippen LogP contribution is -2.36. The van der Waals surface area contributed by atoms with Gasteiger partial charge < -0.3 is 10.1 Å². The maximum absolute atomic E-state index is 5.67. The SMILES string of the molecule is CCCCC(CC)CC1(CNCC)CCOC1. The van der Waals surface area contributed by atoms with Crippen LogP contribution in [0.3, 0.4) is 0 Å². The predicted octanol–water partition coefficient (Wildman–Crippen LogP) is 3.61. The fourth-order valence-electron chi connectivity index (χ4n) is 2.97. The Labute approximate surface area is 108 Å². The van der Waals surface area contributed by atoms with Crippen LogP contribution < -0.4 is 5.32 Å². The number of hydrogen-bond donors (Lipinski definition) is 1. The topological polar surface area (TPSA) is 21.3 Å². The molecule has 2 heteroatoms. The Kier molecular flexibility index (Phi) is 7.14. The Bertz CT molecular complexity index is 187. The Morgan fingerprint density at radius 1 is 1.29 bits per heavy atom. The van der Waals surface area contributed by atoms with Crippen molar-refractivity contribution >= 4 is 0 Å². The zero-order valence-corrected chi connectivity index (χ0v) is 12.1. The Morgan fingerprint density at radius 2 is 2.12 bits per heavy atom. The van der Waals surface area contributed by atoms with Crippen LogP contribution in [0, 0.1) is 11.3 Å². The van der Waals surface area contributed by atoms with Crippen molar-refractivity contribution in [2.45, 2.75) is 59.3 Å². The van der Waals surface area contributed by atoms with Gasteiger partial charge in [-0.1, -0.05) is 46.5 Å². The van der Waals surface area contributed by atoms with Crippen LogP contribution in [0.25, 0.3) is 0 Å². The molecule has 1 N–H and O–H groups in total. The highest BCUT2D eigenvalue weighted by Crippen LogP contribution is 2.37. The molecule has 102 valence electrons. The van der Waals surface area contributed by atoms with E-state index in [0.29, 0.717) is 5.41 Å². The summed E-state index contributed by atoms with van der Waals surface area (Å²) in [7, 11) is 0. The van der Waals surface area contributed by atoms with Gasteiger partial charge in [0.2, 0.25) is 0 Å². The van der Waals surface area contributed by atoms with Crippen molar-refractivity contribution < 1.29 is 4.74 Å². The van der Waals surface area contributed by atoms with E-state index in [1.54, 1.807) is 0 Å². The second-order valence-electron chi connectivity index (χ2n) is 5.70. The van der Waals surface area contributed by atoms with Gasteiger partial charge in [0.15, 0.2) is 0 Å². The minimum absolute atomic E-state index is 0.435. The molecule has 1 rings (SSSR count). The molecule has 1 saturated heterocycles. The van der Waals surface area contributed by atoms with E-state index >= 15 is 0 Å². The molecule has 1 heterocycles. The highest BCUT2D eigenvalue weighted by atomic mass is 16.5. The molecule has 0 aromatic rings. The molecule has 0 aromatic heterocycles. The third kappa shape index (κ3) is 4.97. The van der Waals surface area contributed by atoms with E-state index in [-0.39, 0.29) is 0 Å². The number of nitrogens with one attached hydrogen (secondary N) is 1. The Hall–Kier alpha value is -0.0800. The molecule has 0 bridgehead atoms. The normalized spacial score (nSPS) is 26.3. The summed E-state index contributed by atoms with van der Waals surface area (Å²) in [5.74, 6) is 0.898. The predicted molar refractivity (Wildman–Crippen MR) is 74.3 cm³/mol. The molecule has 0 aliphatic carbocycles. The van der Waals surface area contributed by atoms with Gasteiger partial charge in [-0.15, -0.1) is 0 Å². The molecule has 2 atom stereocenters. The lowest BCUT2D eigenvalue weighted by molar-refractivity contribution is 0.127. The first-order valence-corrected chi connectivity index (χ1v) is 7.54. The number of rotatable bonds is 9. The zero-order valence-electron chi connectivity index (χ0n) is 12.1. The number of ether oxygens (including phenoxy) is 1. The average molecular weight is 241 g/mol. The fraction of sp³-hybridized carbons (Fsp3) is 1.00. The Balaban J connectivity index is 2.45. The summed E-state index contributed by atoms with van der Waals surface area (Å²) in [5, 5.41) is 3.54. The molecule has 2 unspecified atom stereocenters. The minimum atomic E-state index is 0.435. The summed E-state index contributed by atoms with van der Waals surface area (Å²) in [4.78, 5) is 0. The van der Waals surface area contributed by atoms with Crippen LogP contribution in [0.15, 0.2) is 0 Å². The summed E-state index contributed by atoms with van der Waals surface area (Å²) >= 11 is 0. The van der Waals surface area contributed by atoms with Gasteiger partial charge in [-0.3, -0.25) is 0 Å². The maximum Gasteiger partial charge on any atom is 0.0535 e. The zero-order chi connectivity index (χ0) is 12.6. The summed E-state index contributed by atoms with van der Waals surface area (Å²) in [6.07, 6.45) is 8.05. The van der Waals surface area contributed by atoms with Gasteiger partial charge in [-0.05, 0) is 25.3 Å². The highest BCUT2D eigenvalue weighted by molar-refractivity contribution is 4.87. The van der Waals surface area contributed by atoms with Gasteiger partial charge in [-0.25, -0.2) is 0 Å². The van der Waals surface area contributed by atoms with E-state index in [1.807, 2.05) is 0 Å². The summed E-state index contributed by atoms with van der Waals surface area (Å²) in [6, 6.07) is 0. The first kappa shape index (κ1) is 15.0. The van der Waals surface area contributed by atoms with Crippen molar-refractivity contribution in [2.24, 2.45) is 11.3 Å². The lowest BCUT2D eigenvalue weighted by Gasteiger charge is -2.31. The van der Waals surface area contributed by atoms with Crippen molar-refractivity contribution in [2.75, 3.05) is 26.3 Å². The van der Waals surface area contributed by atoms with Crippen LogP contribution in [0.4, 0.5) is 0 Å². The van der Waals surface area contributed by atoms with E-state index in [9.17, 15) is 0 Å². The molecule has 1 aliphatic rings. The molecule has 1 fully saturated rings. The summed E-state index contributed by atoms with van der Waals surface area (Å²) in [6.45, 7) is 11.0. The second-order valence-corrected chi connectivity index (χ2v) is 5.70. The van der Waals surface area contributed by atoms with E-state index in [0.717, 1.165) is 32.2 Å². The highest BCUT2D eigenvalue weighted by Gasteiger charge is 2.36. The first-order chi connectivity index (χ1) is 8.26. The summed E-state index contributed by atoms with van der Waals surface area (Å²) in [5.41, 5.74) is 0.435. The number of unbranched alkanes of at least 4 members (excludes halogenated alkanes) is 1. The lowest BCUT2D eigenvalue weighted by atomic mass is 9.76. The molecule has 0 aromatic carbocycles. The van der Waals surface area contributed by atoms with E-state index in [2.05, 4.69) is 26.1 Å². The van der Waals surface area contributed by atoms with Crippen LogP contribution in [-0.4, -0.2) is 26.3 Å². The van der Waals surface area contributed by atoms with Crippen molar-refractivity contribution in [1.82, 2.24) is 5.32 Å². The largest absolute Gasteiger partial charge is 0.381 e. The van der Waals surface area contributed by atoms with Crippen LogP contribution in [0.5, 0.6) is 0 Å². The van der Waals surface area contributed by atoms with E-state index in [4.69, 9.17) is 4.74 Å². The van der Waals surface area contributed by atoms with Crippen LogP contribution in [0.1, 0.15) is 59.3 Å². The van der Waals surface area contributed by atoms with Crippen LogP contribution in [-0.2, 0) is 4.74 Å². The third-order valence-electron chi connectivity index (χ3n) is 4.20. The fourth-order valence-corrected chi connectivity index (χ4v) is 2.97. The van der Waals surface area contributed by atoms with Gasteiger partial charge in [0, 0.05) is 18.6 Å². The van der Waals surface area contributed by atoms with E-state index in [1.165, 1.54) is 38.5 Å². The van der Waals surface area contributed by atoms with Gasteiger partial charge in [0.25, 0.3) is 0 Å². The molecule has 1 aliphatic heterocycles. The van der Waals surface area contributed by atoms with Crippen molar-refractivity contribution in [3.63, 3.8) is 0 Å². The second kappa shape index (κ2) is 8.10. The molecule has 0 spiro atoms. The number of hydrogen-bond acceptors (Lipinski definition) is 2. The van der Waals surface area contributed by atoms with Crippen molar-refractivity contribution in [3.05, 3.63) is 0 Å². The average Bonchev–Trinajstić information content (AvgIpc) is 2.81. The monoisotopic (exact) mass is 241 g/mol. The molecule has 0 amide bonds. The molecular formula is C15H31NO.